The van der Waals surface area contributed by atoms with Gasteiger partial charge in [-0.1, -0.05) is 54.6 Å². The zero-order valence-electron chi connectivity index (χ0n) is 9.77. The molecule has 0 radical (unpaired) electrons. The Hall–Kier alpha value is -0.590. The van der Waals surface area contributed by atoms with Gasteiger partial charge in [0, 0.05) is 5.21 Å². The molecule has 0 saturated heterocycles. The average Bonchev–Trinajstić information content (AvgIpc) is 2.67. The monoisotopic (exact) mass is 314 g/mol. The molecule has 0 N–H and O–H groups in total. The van der Waals surface area contributed by atoms with Gasteiger partial charge in [-0.3, -0.25) is 0 Å². The largest absolute Gasteiger partial charge is 0.372 e. The Kier molecular flexibility index (Phi) is 5.62. The Balaban J connectivity index is 2.86. The van der Waals surface area contributed by atoms with E-state index in [1.165, 1.54) is 4.68 Å². The third-order valence-corrected chi connectivity index (χ3v) is 2.91. The van der Waals surface area contributed by atoms with Crippen LogP contribution in [0.2, 0.25) is 0 Å². The van der Waals surface area contributed by atoms with Crippen LogP contribution in [0.4, 0.5) is 5.82 Å². The Morgan fingerprint density at radius 3 is 2.50 bits per heavy atom. The summed E-state index contributed by atoms with van der Waals surface area (Å²) in [6, 6.07) is 0. The number of unbranched alkanes of at least 4 members (excludes halogenated alkanes) is 3. The predicted molar refractivity (Wildman–Crippen MR) is 70.1 cm³/mol. The van der Waals surface area contributed by atoms with E-state index in [4.69, 9.17) is 34.8 Å². The lowest BCUT2D eigenvalue weighted by Crippen LogP contribution is -2.09. The minimum absolute atomic E-state index is 0.243. The number of aromatic nitrogens is 3. The van der Waals surface area contributed by atoms with E-state index in [-0.39, 0.29) is 11.5 Å². The topological polar surface area (TPSA) is 73.8 Å². The summed E-state index contributed by atoms with van der Waals surface area (Å²) in [7, 11) is 0. The molecule has 0 spiro atoms. The second-order valence-electron chi connectivity index (χ2n) is 3.80. The number of hydrogen-bond acceptors (Lipinski definition) is 4. The predicted octanol–water partition coefficient (Wildman–Crippen LogP) is 3.59. The lowest BCUT2D eigenvalue weighted by molar-refractivity contribution is -0.393. The third-order valence-electron chi connectivity index (χ3n) is 2.37. The second kappa shape index (κ2) is 6.54. The first-order valence-electron chi connectivity index (χ1n) is 5.53. The Morgan fingerprint density at radius 2 is 2.00 bits per heavy atom. The standard InChI is InChI=1S/C9H13Cl3N4O2/c1-2-3-4-5-6-15-8(16(17)18)7(13-14-15)9(10,11)12/h2-6H2,1H3. The Labute approximate surface area is 119 Å². The van der Waals surface area contributed by atoms with Gasteiger partial charge in [0.05, 0.1) is 0 Å². The van der Waals surface area contributed by atoms with Crippen LogP contribution in [0.25, 0.3) is 0 Å². The molecule has 0 bridgehead atoms. The molecule has 1 aromatic heterocycles. The molecule has 0 unspecified atom stereocenters. The van der Waals surface area contributed by atoms with Crippen molar-refractivity contribution in [2.75, 3.05) is 0 Å². The van der Waals surface area contributed by atoms with Crippen molar-refractivity contribution >= 4 is 40.6 Å². The van der Waals surface area contributed by atoms with Crippen LogP contribution < -0.4 is 0 Å². The lowest BCUT2D eigenvalue weighted by atomic mass is 10.2. The number of rotatable bonds is 6. The summed E-state index contributed by atoms with van der Waals surface area (Å²) in [6.45, 7) is 2.48. The molecule has 102 valence electrons. The fourth-order valence-electron chi connectivity index (χ4n) is 1.51. The van der Waals surface area contributed by atoms with E-state index in [0.29, 0.717) is 6.54 Å². The summed E-state index contributed by atoms with van der Waals surface area (Å²) in [4.78, 5) is 10.3. The first-order valence-corrected chi connectivity index (χ1v) is 6.66. The third kappa shape index (κ3) is 3.96. The highest BCUT2D eigenvalue weighted by Gasteiger charge is 2.38. The van der Waals surface area contributed by atoms with Gasteiger partial charge in [0.2, 0.25) is 9.49 Å². The van der Waals surface area contributed by atoms with Crippen molar-refractivity contribution in [3.63, 3.8) is 0 Å². The molecule has 0 aromatic carbocycles. The molecule has 9 heteroatoms. The Morgan fingerprint density at radius 1 is 1.33 bits per heavy atom. The highest BCUT2D eigenvalue weighted by atomic mass is 35.6. The van der Waals surface area contributed by atoms with Crippen LogP contribution in [0.5, 0.6) is 0 Å². The Bertz CT molecular complexity index is 416. The number of alkyl halides is 3. The second-order valence-corrected chi connectivity index (χ2v) is 6.08. The maximum absolute atomic E-state index is 11.0. The van der Waals surface area contributed by atoms with Gasteiger partial charge in [-0.2, -0.15) is 0 Å². The lowest BCUT2D eigenvalue weighted by Gasteiger charge is -2.06. The summed E-state index contributed by atoms with van der Waals surface area (Å²) in [5, 5.41) is 18.2. The van der Waals surface area contributed by atoms with Crippen molar-refractivity contribution in [1.29, 1.82) is 0 Å². The van der Waals surface area contributed by atoms with E-state index in [2.05, 4.69) is 17.2 Å². The molecule has 6 nitrogen and oxygen atoms in total. The number of hydrogen-bond donors (Lipinski definition) is 0. The summed E-state index contributed by atoms with van der Waals surface area (Å²) < 4.78 is -0.767. The molecule has 0 aliphatic heterocycles. The van der Waals surface area contributed by atoms with Gasteiger partial charge in [0.25, 0.3) is 0 Å². The first kappa shape index (κ1) is 15.5. The summed E-state index contributed by atoms with van der Waals surface area (Å²) >= 11 is 16.8. The summed E-state index contributed by atoms with van der Waals surface area (Å²) in [5.74, 6) is -0.355. The maximum atomic E-state index is 11.0. The highest BCUT2D eigenvalue weighted by Crippen LogP contribution is 2.41. The van der Waals surface area contributed by atoms with Crippen molar-refractivity contribution in [3.05, 3.63) is 15.8 Å². The molecule has 0 aliphatic carbocycles. The van der Waals surface area contributed by atoms with Crippen LogP contribution in [-0.2, 0) is 10.3 Å². The molecule has 1 rings (SSSR count). The fraction of sp³-hybridized carbons (Fsp3) is 0.778. The van der Waals surface area contributed by atoms with Gasteiger partial charge in [0.15, 0.2) is 0 Å². The van der Waals surface area contributed by atoms with Crippen molar-refractivity contribution in [2.45, 2.75) is 42.9 Å². The smallest absolute Gasteiger partial charge is 0.358 e. The van der Waals surface area contributed by atoms with E-state index in [1.807, 2.05) is 0 Å². The van der Waals surface area contributed by atoms with Crippen LogP contribution in [0.3, 0.4) is 0 Å². The molecule has 18 heavy (non-hydrogen) atoms. The highest BCUT2D eigenvalue weighted by molar-refractivity contribution is 6.66. The molecule has 0 fully saturated rings. The van der Waals surface area contributed by atoms with Crippen LogP contribution in [-0.4, -0.2) is 19.9 Å². The first-order chi connectivity index (χ1) is 8.38. The van der Waals surface area contributed by atoms with Crippen LogP contribution in [0.15, 0.2) is 0 Å². The van der Waals surface area contributed by atoms with Crippen LogP contribution in [0.1, 0.15) is 38.3 Å². The fourth-order valence-corrected chi connectivity index (χ4v) is 1.88. The zero-order valence-corrected chi connectivity index (χ0v) is 12.0. The maximum Gasteiger partial charge on any atom is 0.372 e. The van der Waals surface area contributed by atoms with Crippen LogP contribution >= 0.6 is 34.8 Å². The molecule has 0 saturated carbocycles. The minimum atomic E-state index is -1.94. The van der Waals surface area contributed by atoms with Gasteiger partial charge < -0.3 is 10.1 Å². The molecular weight excluding hydrogens is 302 g/mol. The van der Waals surface area contributed by atoms with Gasteiger partial charge in [-0.05, 0) is 17.8 Å². The molecule has 1 aromatic rings. The summed E-state index contributed by atoms with van der Waals surface area (Å²) in [6.07, 6.45) is 3.90. The van der Waals surface area contributed by atoms with Crippen molar-refractivity contribution in [1.82, 2.24) is 15.0 Å². The zero-order chi connectivity index (χ0) is 13.8. The average molecular weight is 316 g/mol. The molecule has 0 aliphatic rings. The number of nitro groups is 1. The van der Waals surface area contributed by atoms with Crippen molar-refractivity contribution < 1.29 is 4.92 Å². The summed E-state index contributed by atoms with van der Waals surface area (Å²) in [5.41, 5.74) is -0.243. The SMILES string of the molecule is CCCCCCn1nnc(C(Cl)(Cl)Cl)c1[N+](=O)[O-]. The van der Waals surface area contributed by atoms with E-state index in [1.54, 1.807) is 0 Å². The molecule has 1 heterocycles. The minimum Gasteiger partial charge on any atom is -0.358 e. The quantitative estimate of drug-likeness (QED) is 0.348. The van der Waals surface area contributed by atoms with Gasteiger partial charge in [0.1, 0.15) is 6.54 Å². The normalized spacial score (nSPS) is 11.8. The molecular formula is C9H13Cl3N4O2. The van der Waals surface area contributed by atoms with E-state index in [9.17, 15) is 10.1 Å². The molecule has 0 amide bonds. The van der Waals surface area contributed by atoms with Gasteiger partial charge in [-0.15, -0.1) is 9.78 Å². The molecule has 0 atom stereocenters. The number of nitrogens with zero attached hydrogens (tertiary/aromatic N) is 4. The van der Waals surface area contributed by atoms with Gasteiger partial charge >= 0.3 is 5.82 Å². The van der Waals surface area contributed by atoms with E-state index in [0.717, 1.165) is 25.7 Å². The van der Waals surface area contributed by atoms with E-state index >= 15 is 0 Å². The van der Waals surface area contributed by atoms with E-state index < -0.39 is 8.72 Å². The van der Waals surface area contributed by atoms with Gasteiger partial charge in [-0.25, -0.2) is 0 Å². The van der Waals surface area contributed by atoms with Crippen molar-refractivity contribution in [2.24, 2.45) is 0 Å². The van der Waals surface area contributed by atoms with Crippen molar-refractivity contribution in [3.8, 4) is 0 Å². The number of aryl methyl sites for hydroxylation is 1. The van der Waals surface area contributed by atoms with Crippen LogP contribution in [0, 0.1) is 10.1 Å². The number of halogens is 3.